The third-order valence-corrected chi connectivity index (χ3v) is 5.14. The second-order valence-corrected chi connectivity index (χ2v) is 7.04. The van der Waals surface area contributed by atoms with Crippen LogP contribution in [-0.4, -0.2) is 19.6 Å². The summed E-state index contributed by atoms with van der Waals surface area (Å²) in [6, 6.07) is 3.92. The Morgan fingerprint density at radius 3 is 3.05 bits per heavy atom. The summed E-state index contributed by atoms with van der Waals surface area (Å²) in [5.41, 5.74) is 0. The highest BCUT2D eigenvalue weighted by Crippen LogP contribution is 2.40. The van der Waals surface area contributed by atoms with Gasteiger partial charge in [-0.15, -0.1) is 21.5 Å². The zero-order valence-electron chi connectivity index (χ0n) is 9.65. The van der Waals surface area contributed by atoms with E-state index in [2.05, 4.69) is 19.6 Å². The fraction of sp³-hybridized carbons (Fsp3) is 0.273. The molecule has 1 saturated carbocycles. The van der Waals surface area contributed by atoms with Crippen molar-refractivity contribution in [2.24, 2.45) is 0 Å². The maximum atomic E-state index is 5.61. The molecule has 0 unspecified atom stereocenters. The quantitative estimate of drug-likeness (QED) is 0.732. The first kappa shape index (κ1) is 11.6. The van der Waals surface area contributed by atoms with Gasteiger partial charge in [-0.1, -0.05) is 6.07 Å². The minimum absolute atomic E-state index is 0.516. The van der Waals surface area contributed by atoms with Gasteiger partial charge in [-0.05, 0) is 35.8 Å². The van der Waals surface area contributed by atoms with Crippen molar-refractivity contribution in [3.05, 3.63) is 23.3 Å². The van der Waals surface area contributed by atoms with Crippen LogP contribution in [0.25, 0.3) is 10.8 Å². The van der Waals surface area contributed by atoms with Crippen LogP contribution in [0.5, 0.6) is 0 Å². The zero-order valence-corrected chi connectivity index (χ0v) is 12.1. The highest BCUT2D eigenvalue weighted by atomic mass is 32.2. The molecule has 1 fully saturated rings. The molecule has 0 aromatic carbocycles. The van der Waals surface area contributed by atoms with Gasteiger partial charge >= 0.3 is 0 Å². The maximum Gasteiger partial charge on any atom is 0.284 e. The van der Waals surface area contributed by atoms with Crippen LogP contribution in [0.3, 0.4) is 0 Å². The molecule has 8 heteroatoms. The van der Waals surface area contributed by atoms with Gasteiger partial charge in [-0.25, -0.2) is 4.98 Å². The van der Waals surface area contributed by atoms with E-state index in [1.54, 1.807) is 11.3 Å². The van der Waals surface area contributed by atoms with Crippen molar-refractivity contribution in [3.63, 3.8) is 0 Å². The standard InChI is InChI=1S/C11H8N4OS3/c1-2-7(17-5-1)9-13-14-10(16-9)18-11-12-8(15-19-11)6-3-4-6/h1-2,5-6H,3-4H2. The van der Waals surface area contributed by atoms with Crippen LogP contribution < -0.4 is 0 Å². The average molecular weight is 308 g/mol. The first-order chi connectivity index (χ1) is 9.38. The fourth-order valence-corrected chi connectivity index (χ4v) is 3.70. The SMILES string of the molecule is c1csc(-c2nnc(Sc3nc(C4CC4)ns3)o2)c1. The van der Waals surface area contributed by atoms with Crippen LogP contribution in [0.15, 0.2) is 31.5 Å². The van der Waals surface area contributed by atoms with Crippen LogP contribution in [0.1, 0.15) is 24.6 Å². The highest BCUT2D eigenvalue weighted by Gasteiger charge is 2.28. The summed E-state index contributed by atoms with van der Waals surface area (Å²) in [4.78, 5) is 5.47. The van der Waals surface area contributed by atoms with Crippen LogP contribution in [0.2, 0.25) is 0 Å². The van der Waals surface area contributed by atoms with E-state index < -0.39 is 0 Å². The first-order valence-corrected chi connectivity index (χ1v) is 8.24. The topological polar surface area (TPSA) is 64.7 Å². The summed E-state index contributed by atoms with van der Waals surface area (Å²) in [5.74, 6) is 2.10. The van der Waals surface area contributed by atoms with Gasteiger partial charge in [0.05, 0.1) is 4.88 Å². The van der Waals surface area contributed by atoms with Gasteiger partial charge in [0.2, 0.25) is 0 Å². The monoisotopic (exact) mass is 308 g/mol. The van der Waals surface area contributed by atoms with Gasteiger partial charge in [0, 0.05) is 17.7 Å². The highest BCUT2D eigenvalue weighted by molar-refractivity contribution is 8.00. The minimum Gasteiger partial charge on any atom is -0.410 e. The molecule has 96 valence electrons. The predicted octanol–water partition coefficient (Wildman–Crippen LogP) is 3.68. The van der Waals surface area contributed by atoms with E-state index in [0.717, 1.165) is 15.0 Å². The molecular weight excluding hydrogens is 300 g/mol. The molecule has 0 atom stereocenters. The summed E-state index contributed by atoms with van der Waals surface area (Å²) in [7, 11) is 0. The van der Waals surface area contributed by atoms with E-state index in [1.165, 1.54) is 36.1 Å². The molecule has 3 aromatic rings. The van der Waals surface area contributed by atoms with E-state index in [-0.39, 0.29) is 0 Å². The molecule has 19 heavy (non-hydrogen) atoms. The second kappa shape index (κ2) is 4.69. The van der Waals surface area contributed by atoms with Gasteiger partial charge in [0.15, 0.2) is 4.34 Å². The lowest BCUT2D eigenvalue weighted by molar-refractivity contribution is 0.467. The maximum absolute atomic E-state index is 5.61. The number of rotatable bonds is 4. The molecule has 0 N–H and O–H groups in total. The average Bonchev–Trinajstić information content (AvgIpc) is 2.90. The molecule has 1 aliphatic rings. The van der Waals surface area contributed by atoms with Crippen molar-refractivity contribution in [2.75, 3.05) is 0 Å². The van der Waals surface area contributed by atoms with Crippen molar-refractivity contribution < 1.29 is 4.42 Å². The molecule has 1 aliphatic carbocycles. The molecule has 3 aromatic heterocycles. The third kappa shape index (κ3) is 2.43. The Balaban J connectivity index is 1.52. The van der Waals surface area contributed by atoms with E-state index in [4.69, 9.17) is 4.42 Å². The molecule has 0 saturated heterocycles. The molecular formula is C11H8N4OS3. The number of aromatic nitrogens is 4. The third-order valence-electron chi connectivity index (χ3n) is 2.68. The van der Waals surface area contributed by atoms with Crippen LogP contribution >= 0.6 is 34.6 Å². The Morgan fingerprint density at radius 2 is 2.26 bits per heavy atom. The van der Waals surface area contributed by atoms with Crippen molar-refractivity contribution in [3.8, 4) is 10.8 Å². The minimum atomic E-state index is 0.516. The van der Waals surface area contributed by atoms with Gasteiger partial charge in [-0.3, -0.25) is 0 Å². The predicted molar refractivity (Wildman–Crippen MR) is 73.6 cm³/mol. The van der Waals surface area contributed by atoms with E-state index >= 15 is 0 Å². The molecule has 0 aliphatic heterocycles. The molecule has 0 amide bonds. The van der Waals surface area contributed by atoms with E-state index in [9.17, 15) is 0 Å². The fourth-order valence-electron chi connectivity index (χ4n) is 1.59. The summed E-state index contributed by atoms with van der Waals surface area (Å²) >= 11 is 4.36. The Hall–Kier alpha value is -1.25. The van der Waals surface area contributed by atoms with Crippen LogP contribution in [-0.2, 0) is 0 Å². The van der Waals surface area contributed by atoms with Crippen LogP contribution in [0.4, 0.5) is 0 Å². The van der Waals surface area contributed by atoms with Crippen molar-refractivity contribution in [1.29, 1.82) is 0 Å². The zero-order chi connectivity index (χ0) is 12.7. The molecule has 0 spiro atoms. The van der Waals surface area contributed by atoms with E-state index in [1.807, 2.05) is 17.5 Å². The lowest BCUT2D eigenvalue weighted by Crippen LogP contribution is -1.80. The lowest BCUT2D eigenvalue weighted by atomic mass is 10.4. The molecule has 0 bridgehead atoms. The van der Waals surface area contributed by atoms with Gasteiger partial charge in [-0.2, -0.15) is 4.37 Å². The van der Waals surface area contributed by atoms with Crippen molar-refractivity contribution >= 4 is 34.6 Å². The molecule has 3 heterocycles. The number of hydrogen-bond acceptors (Lipinski definition) is 8. The summed E-state index contributed by atoms with van der Waals surface area (Å²) in [5, 5.41) is 10.6. The summed E-state index contributed by atoms with van der Waals surface area (Å²) < 4.78 is 10.8. The Labute approximate surface area is 121 Å². The number of thiophene rings is 1. The van der Waals surface area contributed by atoms with E-state index in [0.29, 0.717) is 17.0 Å². The van der Waals surface area contributed by atoms with Crippen LogP contribution in [0, 0.1) is 0 Å². The molecule has 5 nitrogen and oxygen atoms in total. The van der Waals surface area contributed by atoms with Crippen molar-refractivity contribution in [2.45, 2.75) is 28.3 Å². The van der Waals surface area contributed by atoms with Gasteiger partial charge in [0.25, 0.3) is 11.1 Å². The van der Waals surface area contributed by atoms with Gasteiger partial charge < -0.3 is 4.42 Å². The number of hydrogen-bond donors (Lipinski definition) is 0. The Kier molecular flexibility index (Phi) is 2.86. The Morgan fingerprint density at radius 1 is 1.32 bits per heavy atom. The largest absolute Gasteiger partial charge is 0.410 e. The number of nitrogens with zero attached hydrogens (tertiary/aromatic N) is 4. The second-order valence-electron chi connectivity index (χ2n) is 4.15. The normalized spacial score (nSPS) is 14.9. The first-order valence-electron chi connectivity index (χ1n) is 5.77. The summed E-state index contributed by atoms with van der Waals surface area (Å²) in [6.45, 7) is 0. The molecule has 0 radical (unpaired) electrons. The lowest BCUT2D eigenvalue weighted by Gasteiger charge is -1.88. The Bertz CT molecular complexity index is 686. The molecule has 4 rings (SSSR count). The summed E-state index contributed by atoms with van der Waals surface area (Å²) in [6.07, 6.45) is 2.42. The van der Waals surface area contributed by atoms with Crippen molar-refractivity contribution in [1.82, 2.24) is 19.6 Å². The van der Waals surface area contributed by atoms with Gasteiger partial charge in [0.1, 0.15) is 5.82 Å². The smallest absolute Gasteiger partial charge is 0.284 e.